The van der Waals surface area contributed by atoms with Crippen molar-refractivity contribution in [3.8, 4) is 0 Å². The van der Waals surface area contributed by atoms with E-state index < -0.39 is 0 Å². The van der Waals surface area contributed by atoms with Crippen molar-refractivity contribution in [2.24, 2.45) is 0 Å². The Kier molecular flexibility index (Phi) is 6.66. The van der Waals surface area contributed by atoms with Crippen LogP contribution in [0.25, 0.3) is 11.3 Å². The maximum atomic E-state index is 6.33. The van der Waals surface area contributed by atoms with Gasteiger partial charge in [-0.1, -0.05) is 85.0 Å². The number of rotatable bonds is 2. The summed E-state index contributed by atoms with van der Waals surface area (Å²) in [5.74, 6) is 0. The number of nitrogens with one attached hydrogen (secondary N) is 1. The fourth-order valence-corrected chi connectivity index (χ4v) is 3.24. The van der Waals surface area contributed by atoms with Crippen molar-refractivity contribution in [1.29, 1.82) is 0 Å². The molecule has 3 rings (SSSR count). The van der Waals surface area contributed by atoms with Gasteiger partial charge in [0, 0.05) is 23.7 Å². The van der Waals surface area contributed by atoms with Gasteiger partial charge in [-0.25, -0.2) is 0 Å². The Morgan fingerprint density at radius 3 is 2.57 bits per heavy atom. The summed E-state index contributed by atoms with van der Waals surface area (Å²) in [5.41, 5.74) is 5.48. The normalized spacial score (nSPS) is 17.2. The molecule has 0 aliphatic carbocycles. The lowest BCUT2D eigenvalue weighted by atomic mass is 9.92. The van der Waals surface area contributed by atoms with Crippen LogP contribution in [-0.4, -0.2) is 8.91 Å². The van der Waals surface area contributed by atoms with E-state index in [1.54, 1.807) is 12.4 Å². The molecule has 1 aliphatic rings. The van der Waals surface area contributed by atoms with E-state index in [1.807, 2.05) is 26.0 Å². The van der Waals surface area contributed by atoms with Crippen LogP contribution in [-0.2, 0) is 0 Å². The molecule has 1 unspecified atom stereocenters. The van der Waals surface area contributed by atoms with Gasteiger partial charge in [-0.3, -0.25) is 4.98 Å². The van der Waals surface area contributed by atoms with Crippen molar-refractivity contribution in [2.75, 3.05) is 0 Å². The molecule has 2 heterocycles. The minimum absolute atomic E-state index is 0.363. The van der Waals surface area contributed by atoms with Crippen LogP contribution in [0.5, 0.6) is 0 Å². The molecule has 0 spiro atoms. The van der Waals surface area contributed by atoms with Gasteiger partial charge < -0.3 is 5.32 Å². The predicted molar refractivity (Wildman–Crippen MR) is 109 cm³/mol. The SMILES string of the molecule is C=C1NC(c2ccncc2Cl)=C(c2ccccc2)CC1I.CC. The van der Waals surface area contributed by atoms with Crippen LogP contribution >= 0.6 is 34.2 Å². The molecule has 2 aromatic rings. The van der Waals surface area contributed by atoms with E-state index in [2.05, 4.69) is 63.7 Å². The Morgan fingerprint density at radius 2 is 1.91 bits per heavy atom. The first-order valence-electron chi connectivity index (χ1n) is 7.65. The topological polar surface area (TPSA) is 24.9 Å². The van der Waals surface area contributed by atoms with Crippen molar-refractivity contribution in [3.05, 3.63) is 77.2 Å². The first kappa shape index (κ1) is 18.0. The van der Waals surface area contributed by atoms with E-state index in [-0.39, 0.29) is 0 Å². The molecular weight excluding hydrogens is 419 g/mol. The van der Waals surface area contributed by atoms with Crippen molar-refractivity contribution in [3.63, 3.8) is 0 Å². The van der Waals surface area contributed by atoms with Crippen molar-refractivity contribution in [2.45, 2.75) is 24.2 Å². The van der Waals surface area contributed by atoms with Crippen molar-refractivity contribution < 1.29 is 0 Å². The number of halogens is 2. The number of aromatic nitrogens is 1. The number of allylic oxidation sites excluding steroid dienone is 2. The minimum atomic E-state index is 0.363. The third kappa shape index (κ3) is 4.15. The summed E-state index contributed by atoms with van der Waals surface area (Å²) in [6, 6.07) is 12.3. The van der Waals surface area contributed by atoms with Crippen LogP contribution < -0.4 is 5.32 Å². The van der Waals surface area contributed by atoms with Gasteiger partial charge in [0.1, 0.15) is 0 Å². The summed E-state index contributed by atoms with van der Waals surface area (Å²) in [4.78, 5) is 4.07. The average molecular weight is 439 g/mol. The van der Waals surface area contributed by atoms with E-state index in [1.165, 1.54) is 11.1 Å². The van der Waals surface area contributed by atoms with E-state index in [9.17, 15) is 0 Å². The molecule has 4 heteroatoms. The molecule has 1 N–H and O–H groups in total. The summed E-state index contributed by atoms with van der Waals surface area (Å²) in [5, 5.41) is 4.08. The number of hydrogen-bond donors (Lipinski definition) is 1. The van der Waals surface area contributed by atoms with Crippen LogP contribution in [0, 0.1) is 0 Å². The summed E-state index contributed by atoms with van der Waals surface area (Å²) in [6.45, 7) is 8.12. The summed E-state index contributed by atoms with van der Waals surface area (Å²) in [6.07, 6.45) is 4.37. The molecule has 1 aromatic carbocycles. The van der Waals surface area contributed by atoms with Crippen molar-refractivity contribution in [1.82, 2.24) is 10.3 Å². The van der Waals surface area contributed by atoms with Gasteiger partial charge in [0.05, 0.1) is 14.6 Å². The summed E-state index contributed by atoms with van der Waals surface area (Å²) < 4.78 is 0.363. The van der Waals surface area contributed by atoms with Crippen LogP contribution in [0.4, 0.5) is 0 Å². The number of hydrogen-bond acceptors (Lipinski definition) is 2. The summed E-state index contributed by atoms with van der Waals surface area (Å²) in [7, 11) is 0. The smallest absolute Gasteiger partial charge is 0.0682 e. The molecule has 1 aromatic heterocycles. The highest BCUT2D eigenvalue weighted by atomic mass is 127. The Bertz CT molecular complexity index is 710. The molecule has 23 heavy (non-hydrogen) atoms. The lowest BCUT2D eigenvalue weighted by Crippen LogP contribution is -2.25. The van der Waals surface area contributed by atoms with Crippen LogP contribution in [0.1, 0.15) is 31.4 Å². The predicted octanol–water partition coefficient (Wildman–Crippen LogP) is 5.94. The highest BCUT2D eigenvalue weighted by molar-refractivity contribution is 14.1. The molecule has 0 saturated heterocycles. The molecule has 0 fully saturated rings. The molecule has 0 radical (unpaired) electrons. The Morgan fingerprint density at radius 1 is 1.22 bits per heavy atom. The maximum Gasteiger partial charge on any atom is 0.0682 e. The lowest BCUT2D eigenvalue weighted by Gasteiger charge is -2.28. The summed E-state index contributed by atoms with van der Waals surface area (Å²) >= 11 is 8.75. The second kappa shape index (κ2) is 8.50. The van der Waals surface area contributed by atoms with Crippen LogP contribution in [0.3, 0.4) is 0 Å². The van der Waals surface area contributed by atoms with Gasteiger partial charge in [-0.05, 0) is 23.6 Å². The third-order valence-electron chi connectivity index (χ3n) is 3.51. The zero-order valence-corrected chi connectivity index (χ0v) is 16.2. The van der Waals surface area contributed by atoms with Gasteiger partial charge in [0.2, 0.25) is 0 Å². The monoisotopic (exact) mass is 438 g/mol. The third-order valence-corrected chi connectivity index (χ3v) is 5.01. The number of nitrogens with zero attached hydrogens (tertiary/aromatic N) is 1. The molecule has 0 amide bonds. The van der Waals surface area contributed by atoms with Gasteiger partial charge in [-0.2, -0.15) is 0 Å². The number of pyridine rings is 1. The zero-order chi connectivity index (χ0) is 16.8. The number of alkyl halides is 1. The van der Waals surface area contributed by atoms with Gasteiger partial charge in [-0.15, -0.1) is 0 Å². The minimum Gasteiger partial charge on any atom is -0.358 e. The van der Waals surface area contributed by atoms with Gasteiger partial charge in [0.15, 0.2) is 0 Å². The quantitative estimate of drug-likeness (QED) is 0.463. The maximum absolute atomic E-state index is 6.33. The molecule has 1 atom stereocenters. The molecule has 1 aliphatic heterocycles. The average Bonchev–Trinajstić information content (AvgIpc) is 2.60. The van der Waals surface area contributed by atoms with Crippen molar-refractivity contribution >= 4 is 45.5 Å². The Balaban J connectivity index is 0.000000924. The van der Waals surface area contributed by atoms with Crippen LogP contribution in [0.15, 0.2) is 61.1 Å². The van der Waals surface area contributed by atoms with Gasteiger partial charge in [0.25, 0.3) is 0 Å². The molecule has 120 valence electrons. The molecular formula is C19H20ClIN2. The van der Waals surface area contributed by atoms with Gasteiger partial charge >= 0.3 is 0 Å². The fourth-order valence-electron chi connectivity index (χ4n) is 2.43. The highest BCUT2D eigenvalue weighted by Crippen LogP contribution is 2.38. The number of benzene rings is 1. The van der Waals surface area contributed by atoms with E-state index in [4.69, 9.17) is 11.6 Å². The highest BCUT2D eigenvalue weighted by Gasteiger charge is 2.24. The zero-order valence-electron chi connectivity index (χ0n) is 13.3. The molecule has 0 bridgehead atoms. The Labute approximate surface area is 156 Å². The lowest BCUT2D eigenvalue weighted by molar-refractivity contribution is 0.912. The first-order valence-corrected chi connectivity index (χ1v) is 9.27. The van der Waals surface area contributed by atoms with Crippen LogP contribution in [0.2, 0.25) is 5.02 Å². The van der Waals surface area contributed by atoms with E-state index >= 15 is 0 Å². The molecule has 2 nitrogen and oxygen atoms in total. The standard InChI is InChI=1S/C17H14ClIN2.C2H6/c1-11-16(19)9-14(12-5-3-2-4-6-12)17(21-11)13-7-8-20-10-15(13)18;1-2/h2-8,10,16,21H,1,9H2;1-2H3. The fraction of sp³-hybridized carbons (Fsp3) is 0.211. The Hall–Kier alpha value is -1.33. The van der Waals surface area contributed by atoms with E-state index in [0.29, 0.717) is 8.95 Å². The second-order valence-electron chi connectivity index (χ2n) is 4.90. The molecule has 0 saturated carbocycles. The second-order valence-corrected chi connectivity index (χ2v) is 6.81. The van der Waals surface area contributed by atoms with E-state index in [0.717, 1.165) is 23.4 Å². The first-order chi connectivity index (χ1) is 11.2. The largest absolute Gasteiger partial charge is 0.358 e.